The molecular formula is C12H9BrCl2N2O3S. The molecule has 0 radical (unpaired) electrons. The minimum atomic E-state index is -3.77. The molecule has 0 amide bonds. The van der Waals surface area contributed by atoms with E-state index in [1.165, 1.54) is 30.6 Å². The highest BCUT2D eigenvalue weighted by Gasteiger charge is 2.15. The van der Waals surface area contributed by atoms with Gasteiger partial charge < -0.3 is 4.98 Å². The van der Waals surface area contributed by atoms with Crippen LogP contribution in [-0.2, 0) is 15.8 Å². The first-order valence-electron chi connectivity index (χ1n) is 5.59. The van der Waals surface area contributed by atoms with Gasteiger partial charge in [0, 0.05) is 22.4 Å². The maximum absolute atomic E-state index is 12.1. The largest absolute Gasteiger partial charge is 0.365 e. The molecule has 1 aromatic heterocycles. The molecule has 5 nitrogen and oxygen atoms in total. The number of aromatic amines is 1. The fourth-order valence-corrected chi connectivity index (χ4v) is 3.73. The summed E-state index contributed by atoms with van der Waals surface area (Å²) in [5.74, 6) is -0.348. The van der Waals surface area contributed by atoms with Crippen LogP contribution in [-0.4, -0.2) is 13.4 Å². The van der Waals surface area contributed by atoms with E-state index in [9.17, 15) is 13.2 Å². The number of pyridine rings is 1. The molecular weight excluding hydrogens is 403 g/mol. The first-order valence-corrected chi connectivity index (χ1v) is 8.79. The molecule has 0 aliphatic rings. The van der Waals surface area contributed by atoms with Gasteiger partial charge in [0.15, 0.2) is 0 Å². The van der Waals surface area contributed by atoms with Crippen molar-refractivity contribution in [2.24, 2.45) is 0 Å². The summed E-state index contributed by atoms with van der Waals surface area (Å²) in [4.78, 5) is 14.4. The van der Waals surface area contributed by atoms with Gasteiger partial charge in [0.2, 0.25) is 15.5 Å². The summed E-state index contributed by atoms with van der Waals surface area (Å²) >= 11 is 14.7. The van der Waals surface area contributed by atoms with Crippen LogP contribution >= 0.6 is 39.1 Å². The zero-order valence-electron chi connectivity index (χ0n) is 10.4. The Balaban J connectivity index is 2.27. The Labute approximate surface area is 139 Å². The molecule has 0 saturated heterocycles. The molecule has 112 valence electrons. The van der Waals surface area contributed by atoms with Crippen molar-refractivity contribution in [1.82, 2.24) is 4.98 Å². The second-order valence-electron chi connectivity index (χ2n) is 4.18. The molecule has 1 aromatic carbocycles. The Morgan fingerprint density at radius 1 is 1.14 bits per heavy atom. The number of H-pyrrole nitrogens is 1. The van der Waals surface area contributed by atoms with Gasteiger partial charge in [-0.15, -0.1) is 0 Å². The molecule has 21 heavy (non-hydrogen) atoms. The zero-order valence-corrected chi connectivity index (χ0v) is 14.3. The number of hydrogen-bond acceptors (Lipinski definition) is 3. The first-order chi connectivity index (χ1) is 9.77. The van der Waals surface area contributed by atoms with Gasteiger partial charge in [0.05, 0.1) is 10.2 Å². The van der Waals surface area contributed by atoms with Crippen LogP contribution in [0, 0.1) is 0 Å². The molecule has 0 saturated carbocycles. The molecule has 2 N–H and O–H groups in total. The Bertz CT molecular complexity index is 816. The first kappa shape index (κ1) is 16.4. The van der Waals surface area contributed by atoms with E-state index in [0.717, 1.165) is 0 Å². The van der Waals surface area contributed by atoms with Crippen LogP contribution in [0.25, 0.3) is 0 Å². The molecule has 0 aliphatic carbocycles. The van der Waals surface area contributed by atoms with E-state index in [2.05, 4.69) is 25.6 Å². The molecule has 1 heterocycles. The van der Waals surface area contributed by atoms with Crippen molar-refractivity contribution in [3.8, 4) is 0 Å². The number of rotatable bonds is 4. The Hall–Kier alpha value is -1.02. The van der Waals surface area contributed by atoms with E-state index < -0.39 is 15.5 Å². The van der Waals surface area contributed by atoms with Crippen molar-refractivity contribution in [2.45, 2.75) is 5.75 Å². The number of aromatic nitrogens is 1. The fourth-order valence-electron chi connectivity index (χ4n) is 1.65. The molecule has 0 spiro atoms. The molecule has 0 fully saturated rings. The van der Waals surface area contributed by atoms with Crippen LogP contribution < -0.4 is 10.2 Å². The van der Waals surface area contributed by atoms with Crippen molar-refractivity contribution in [2.75, 3.05) is 4.72 Å². The van der Waals surface area contributed by atoms with Crippen LogP contribution in [0.15, 0.2) is 39.9 Å². The molecule has 0 unspecified atom stereocenters. The maximum atomic E-state index is 12.1. The number of hydrogen-bond donors (Lipinski definition) is 2. The second-order valence-corrected chi connectivity index (χ2v) is 7.63. The van der Waals surface area contributed by atoms with Gasteiger partial charge in [0.1, 0.15) is 5.69 Å². The van der Waals surface area contributed by atoms with Crippen molar-refractivity contribution in [1.29, 1.82) is 0 Å². The summed E-state index contributed by atoms with van der Waals surface area (Å²) in [5.41, 5.74) is -0.106. The van der Waals surface area contributed by atoms with Gasteiger partial charge in [-0.25, -0.2) is 8.42 Å². The predicted molar refractivity (Wildman–Crippen MR) is 87.5 cm³/mol. The molecule has 2 aromatic rings. The minimum absolute atomic E-state index is 0.0718. The monoisotopic (exact) mass is 410 g/mol. The van der Waals surface area contributed by atoms with Gasteiger partial charge in [-0.1, -0.05) is 23.2 Å². The third-order valence-corrected chi connectivity index (χ3v) is 4.71. The van der Waals surface area contributed by atoms with Gasteiger partial charge in [-0.3, -0.25) is 9.52 Å². The Kier molecular flexibility index (Phi) is 4.98. The van der Waals surface area contributed by atoms with Crippen molar-refractivity contribution in [3.05, 3.63) is 60.9 Å². The average molecular weight is 412 g/mol. The van der Waals surface area contributed by atoms with E-state index in [-0.39, 0.29) is 15.9 Å². The predicted octanol–water partition coefficient (Wildman–Crippen LogP) is 3.39. The van der Waals surface area contributed by atoms with E-state index in [1.54, 1.807) is 0 Å². The fraction of sp³-hybridized carbons (Fsp3) is 0.0833. The summed E-state index contributed by atoms with van der Waals surface area (Å²) < 4.78 is 26.6. The summed E-state index contributed by atoms with van der Waals surface area (Å²) in [7, 11) is -3.77. The van der Waals surface area contributed by atoms with Gasteiger partial charge in [-0.05, 0) is 39.7 Å². The molecule has 0 atom stereocenters. The van der Waals surface area contributed by atoms with Crippen LogP contribution in [0.1, 0.15) is 5.56 Å². The molecule has 0 aliphatic heterocycles. The van der Waals surface area contributed by atoms with Crippen molar-refractivity contribution < 1.29 is 8.42 Å². The van der Waals surface area contributed by atoms with Gasteiger partial charge in [-0.2, -0.15) is 0 Å². The summed E-state index contributed by atoms with van der Waals surface area (Å²) in [5, 5.41) is 0.681. The molecule has 0 bridgehead atoms. The average Bonchev–Trinajstić information content (AvgIpc) is 2.32. The third-order valence-electron chi connectivity index (χ3n) is 2.44. The summed E-state index contributed by atoms with van der Waals surface area (Å²) in [6.07, 6.45) is 2.69. The lowest BCUT2D eigenvalue weighted by molar-refractivity contribution is 0.600. The summed E-state index contributed by atoms with van der Waals surface area (Å²) in [6.45, 7) is 0. The van der Waals surface area contributed by atoms with Crippen LogP contribution in [0.3, 0.4) is 0 Å². The quantitative estimate of drug-likeness (QED) is 0.809. The van der Waals surface area contributed by atoms with Crippen molar-refractivity contribution >= 4 is 54.8 Å². The number of halogens is 3. The van der Waals surface area contributed by atoms with E-state index >= 15 is 0 Å². The lowest BCUT2D eigenvalue weighted by atomic mass is 10.2. The minimum Gasteiger partial charge on any atom is -0.365 e. The number of nitrogens with one attached hydrogen (secondary N) is 2. The van der Waals surface area contributed by atoms with Crippen LogP contribution in [0.2, 0.25) is 10.0 Å². The molecule has 2 rings (SSSR count). The Morgan fingerprint density at radius 3 is 2.38 bits per heavy atom. The second kappa shape index (κ2) is 6.39. The topological polar surface area (TPSA) is 79.0 Å². The van der Waals surface area contributed by atoms with Gasteiger partial charge >= 0.3 is 0 Å². The highest BCUT2D eigenvalue weighted by atomic mass is 79.9. The van der Waals surface area contributed by atoms with Crippen LogP contribution in [0.5, 0.6) is 0 Å². The number of sulfonamides is 1. The number of anilines is 1. The maximum Gasteiger partial charge on any atom is 0.237 e. The third kappa shape index (κ3) is 4.47. The smallest absolute Gasteiger partial charge is 0.237 e. The van der Waals surface area contributed by atoms with E-state index in [1.807, 2.05) is 0 Å². The SMILES string of the molecule is O=c1c(Br)c[nH]cc1NS(=O)(=O)Cc1cc(Cl)cc(Cl)c1. The standard InChI is InChI=1S/C12H9BrCl2N2O3S/c13-10-4-16-5-11(12(10)18)17-21(19,20)6-7-1-8(14)3-9(15)2-7/h1-5,17H,6H2,(H,16,18). The van der Waals surface area contributed by atoms with E-state index in [0.29, 0.717) is 15.6 Å². The molecule has 9 heteroatoms. The lowest BCUT2D eigenvalue weighted by Gasteiger charge is -2.08. The summed E-state index contributed by atoms with van der Waals surface area (Å²) in [6, 6.07) is 4.50. The normalized spacial score (nSPS) is 11.4. The lowest BCUT2D eigenvalue weighted by Crippen LogP contribution is -2.20. The van der Waals surface area contributed by atoms with Crippen LogP contribution in [0.4, 0.5) is 5.69 Å². The van der Waals surface area contributed by atoms with Gasteiger partial charge in [0.25, 0.3) is 0 Å². The van der Waals surface area contributed by atoms with Crippen molar-refractivity contribution in [3.63, 3.8) is 0 Å². The zero-order chi connectivity index (χ0) is 15.6. The highest BCUT2D eigenvalue weighted by molar-refractivity contribution is 9.10. The Morgan fingerprint density at radius 2 is 1.76 bits per heavy atom. The highest BCUT2D eigenvalue weighted by Crippen LogP contribution is 2.21. The number of benzene rings is 1. The van der Waals surface area contributed by atoms with E-state index in [4.69, 9.17) is 23.2 Å².